The molecule has 2 N–H and O–H groups in total. The predicted molar refractivity (Wildman–Crippen MR) is 133 cm³/mol. The van der Waals surface area contributed by atoms with Crippen molar-refractivity contribution >= 4 is 17.7 Å². The summed E-state index contributed by atoms with van der Waals surface area (Å²) in [4.78, 5) is 38.4. The van der Waals surface area contributed by atoms with E-state index in [0.29, 0.717) is 16.8 Å². The third kappa shape index (κ3) is 6.81. The standard InChI is InChI=1S/C27H25F3N6O3/c1-17-23(26(39)33-13-24(37)36-16-27(29,30)10-22(36)11-31)15-35(34-17)14-19-5-2-6-20(8-19)25(38)32-12-18-4-3-7-21(28)9-18/h2-9,15,22H,10,12-14,16H2,1H3,(H,32,38)(H,33,39)/t22-/m0/s1. The van der Waals surface area contributed by atoms with E-state index in [2.05, 4.69) is 15.7 Å². The van der Waals surface area contributed by atoms with Crippen molar-refractivity contribution < 1.29 is 27.6 Å². The molecule has 1 aliphatic heterocycles. The average Bonchev–Trinajstić information content (AvgIpc) is 3.43. The van der Waals surface area contributed by atoms with E-state index in [-0.39, 0.29) is 30.4 Å². The van der Waals surface area contributed by atoms with E-state index in [1.54, 1.807) is 49.4 Å². The molecule has 0 radical (unpaired) electrons. The lowest BCUT2D eigenvalue weighted by molar-refractivity contribution is -0.131. The van der Waals surface area contributed by atoms with Gasteiger partial charge >= 0.3 is 0 Å². The number of likely N-dealkylation sites (tertiary alicyclic amines) is 1. The summed E-state index contributed by atoms with van der Waals surface area (Å²) >= 11 is 0. The summed E-state index contributed by atoms with van der Waals surface area (Å²) in [5.74, 6) is -5.25. The zero-order valence-electron chi connectivity index (χ0n) is 21.0. The molecule has 0 bridgehead atoms. The van der Waals surface area contributed by atoms with Crippen molar-refractivity contribution in [1.29, 1.82) is 5.26 Å². The first-order valence-corrected chi connectivity index (χ1v) is 12.1. The Morgan fingerprint density at radius 2 is 1.85 bits per heavy atom. The van der Waals surface area contributed by atoms with Gasteiger partial charge in [0.2, 0.25) is 5.91 Å². The van der Waals surface area contributed by atoms with Gasteiger partial charge in [0.1, 0.15) is 11.9 Å². The largest absolute Gasteiger partial charge is 0.348 e. The molecule has 3 aromatic rings. The number of hydrogen-bond donors (Lipinski definition) is 2. The molecule has 39 heavy (non-hydrogen) atoms. The number of nitrogens with one attached hydrogen (secondary N) is 2. The summed E-state index contributed by atoms with van der Waals surface area (Å²) in [6, 6.07) is 13.2. The van der Waals surface area contributed by atoms with Crippen LogP contribution in [0.3, 0.4) is 0 Å². The van der Waals surface area contributed by atoms with Crippen LogP contribution in [-0.4, -0.2) is 57.5 Å². The first-order chi connectivity index (χ1) is 18.5. The summed E-state index contributed by atoms with van der Waals surface area (Å²) < 4.78 is 42.1. The molecule has 1 atom stereocenters. The average molecular weight is 539 g/mol. The SMILES string of the molecule is Cc1nn(Cc2cccc(C(=O)NCc3cccc(F)c3)c2)cc1C(=O)NCC(=O)N1CC(F)(F)C[C@H]1C#N. The molecule has 2 heterocycles. The fourth-order valence-corrected chi connectivity index (χ4v) is 4.30. The Labute approximate surface area is 222 Å². The van der Waals surface area contributed by atoms with Crippen LogP contribution in [0.25, 0.3) is 0 Å². The maximum atomic E-state index is 13.6. The van der Waals surface area contributed by atoms with E-state index < -0.39 is 43.3 Å². The number of aromatic nitrogens is 2. The number of carbonyl (C=O) groups is 3. The lowest BCUT2D eigenvalue weighted by Gasteiger charge is -2.19. The van der Waals surface area contributed by atoms with E-state index in [9.17, 15) is 27.6 Å². The van der Waals surface area contributed by atoms with Crippen LogP contribution in [0, 0.1) is 24.1 Å². The molecule has 12 heteroatoms. The minimum atomic E-state index is -3.14. The molecule has 3 amide bonds. The van der Waals surface area contributed by atoms with E-state index in [4.69, 9.17) is 5.26 Å². The number of carbonyl (C=O) groups excluding carboxylic acids is 3. The Bertz CT molecular complexity index is 1450. The second-order valence-electron chi connectivity index (χ2n) is 9.25. The van der Waals surface area contributed by atoms with Gasteiger partial charge in [0.05, 0.1) is 37.0 Å². The molecule has 1 aromatic heterocycles. The number of amides is 3. The Kier molecular flexibility index (Phi) is 7.99. The Morgan fingerprint density at radius 3 is 2.59 bits per heavy atom. The minimum absolute atomic E-state index is 0.164. The van der Waals surface area contributed by atoms with Crippen LogP contribution >= 0.6 is 0 Å². The summed E-state index contributed by atoms with van der Waals surface area (Å²) in [5, 5.41) is 18.5. The normalized spacial score (nSPS) is 16.0. The Morgan fingerprint density at radius 1 is 1.10 bits per heavy atom. The van der Waals surface area contributed by atoms with Gasteiger partial charge in [-0.1, -0.05) is 24.3 Å². The van der Waals surface area contributed by atoms with Crippen molar-refractivity contribution in [3.63, 3.8) is 0 Å². The van der Waals surface area contributed by atoms with Crippen LogP contribution in [-0.2, 0) is 17.9 Å². The monoisotopic (exact) mass is 538 g/mol. The molecular formula is C27H25F3N6O3. The van der Waals surface area contributed by atoms with Crippen LogP contribution < -0.4 is 10.6 Å². The molecule has 202 valence electrons. The highest BCUT2D eigenvalue weighted by Crippen LogP contribution is 2.31. The molecule has 0 aliphatic carbocycles. The van der Waals surface area contributed by atoms with Gasteiger partial charge in [-0.25, -0.2) is 13.2 Å². The van der Waals surface area contributed by atoms with Crippen molar-refractivity contribution in [3.05, 3.63) is 88.5 Å². The summed E-state index contributed by atoms with van der Waals surface area (Å²) in [5.41, 5.74) is 2.33. The van der Waals surface area contributed by atoms with Crippen molar-refractivity contribution in [2.24, 2.45) is 0 Å². The summed E-state index contributed by atoms with van der Waals surface area (Å²) in [6.07, 6.45) is 0.749. The van der Waals surface area contributed by atoms with Gasteiger partial charge in [-0.15, -0.1) is 0 Å². The highest BCUT2D eigenvalue weighted by Gasteiger charge is 2.47. The fourth-order valence-electron chi connectivity index (χ4n) is 4.30. The lowest BCUT2D eigenvalue weighted by Crippen LogP contribution is -2.43. The lowest BCUT2D eigenvalue weighted by atomic mass is 10.1. The van der Waals surface area contributed by atoms with Crippen molar-refractivity contribution in [2.45, 2.75) is 38.4 Å². The number of nitriles is 1. The van der Waals surface area contributed by atoms with Gasteiger partial charge < -0.3 is 15.5 Å². The number of hydrogen-bond acceptors (Lipinski definition) is 5. The van der Waals surface area contributed by atoms with Crippen LogP contribution in [0.5, 0.6) is 0 Å². The van der Waals surface area contributed by atoms with E-state index >= 15 is 0 Å². The van der Waals surface area contributed by atoms with Gasteiger partial charge in [-0.05, 0) is 42.3 Å². The number of halogens is 3. The van der Waals surface area contributed by atoms with Crippen LogP contribution in [0.4, 0.5) is 13.2 Å². The third-order valence-electron chi connectivity index (χ3n) is 6.21. The summed E-state index contributed by atoms with van der Waals surface area (Å²) in [7, 11) is 0. The molecule has 4 rings (SSSR count). The maximum Gasteiger partial charge on any atom is 0.268 e. The van der Waals surface area contributed by atoms with Gasteiger partial charge in [0.25, 0.3) is 17.7 Å². The van der Waals surface area contributed by atoms with Crippen molar-refractivity contribution in [1.82, 2.24) is 25.3 Å². The Hall–Kier alpha value is -4.66. The quantitative estimate of drug-likeness (QED) is 0.457. The van der Waals surface area contributed by atoms with Gasteiger partial charge in [-0.2, -0.15) is 10.4 Å². The van der Waals surface area contributed by atoms with Crippen LogP contribution in [0.1, 0.15) is 44.0 Å². The van der Waals surface area contributed by atoms with Gasteiger partial charge in [0.15, 0.2) is 0 Å². The maximum absolute atomic E-state index is 13.6. The first kappa shape index (κ1) is 27.4. The number of rotatable bonds is 8. The first-order valence-electron chi connectivity index (χ1n) is 12.1. The minimum Gasteiger partial charge on any atom is -0.348 e. The summed E-state index contributed by atoms with van der Waals surface area (Å²) in [6.45, 7) is 0.613. The predicted octanol–water partition coefficient (Wildman–Crippen LogP) is 2.80. The van der Waals surface area contributed by atoms with Gasteiger partial charge in [-0.3, -0.25) is 19.1 Å². The second kappa shape index (κ2) is 11.4. The molecular weight excluding hydrogens is 513 g/mol. The topological polar surface area (TPSA) is 120 Å². The second-order valence-corrected chi connectivity index (χ2v) is 9.25. The molecule has 2 aromatic carbocycles. The fraction of sp³-hybridized carbons (Fsp3) is 0.296. The molecule has 1 saturated heterocycles. The van der Waals surface area contributed by atoms with Gasteiger partial charge in [0, 0.05) is 24.7 Å². The molecule has 1 aliphatic rings. The number of benzene rings is 2. The van der Waals surface area contributed by atoms with Crippen molar-refractivity contribution in [3.8, 4) is 6.07 Å². The van der Waals surface area contributed by atoms with E-state index in [0.717, 1.165) is 10.5 Å². The molecule has 1 fully saturated rings. The molecule has 9 nitrogen and oxygen atoms in total. The number of nitrogens with zero attached hydrogens (tertiary/aromatic N) is 4. The van der Waals surface area contributed by atoms with Crippen LogP contribution in [0.15, 0.2) is 54.7 Å². The smallest absolute Gasteiger partial charge is 0.268 e. The van der Waals surface area contributed by atoms with E-state index in [1.807, 2.05) is 0 Å². The number of aryl methyl sites for hydroxylation is 1. The molecule has 0 saturated carbocycles. The zero-order chi connectivity index (χ0) is 28.2. The number of alkyl halides is 2. The molecule has 0 spiro atoms. The van der Waals surface area contributed by atoms with Crippen molar-refractivity contribution in [2.75, 3.05) is 13.1 Å². The third-order valence-corrected chi connectivity index (χ3v) is 6.21. The highest BCUT2D eigenvalue weighted by atomic mass is 19.3. The highest BCUT2D eigenvalue weighted by molar-refractivity contribution is 5.97. The van der Waals surface area contributed by atoms with Crippen LogP contribution in [0.2, 0.25) is 0 Å². The van der Waals surface area contributed by atoms with E-state index in [1.165, 1.54) is 23.0 Å². The zero-order valence-corrected chi connectivity index (χ0v) is 21.0. The molecule has 0 unspecified atom stereocenters. The Balaban J connectivity index is 1.35.